The Kier molecular flexibility index (Phi) is 6.56. The summed E-state index contributed by atoms with van der Waals surface area (Å²) in [5, 5.41) is 2.11. The van der Waals surface area contributed by atoms with Crippen molar-refractivity contribution in [1.29, 1.82) is 0 Å². The van der Waals surface area contributed by atoms with E-state index in [1.807, 2.05) is 11.3 Å². The van der Waals surface area contributed by atoms with Gasteiger partial charge in [-0.05, 0) is 52.2 Å². The number of rotatable bonds is 6. The van der Waals surface area contributed by atoms with Crippen molar-refractivity contribution in [2.45, 2.75) is 26.7 Å². The molecule has 1 heterocycles. The SMILES string of the molecule is CC(C)CC(CBr)(CBr)Cc1ccc(Br)s1. The lowest BCUT2D eigenvalue weighted by atomic mass is 9.80. The van der Waals surface area contributed by atoms with Crippen molar-refractivity contribution < 1.29 is 0 Å². The van der Waals surface area contributed by atoms with Crippen molar-refractivity contribution in [3.8, 4) is 0 Å². The Labute approximate surface area is 128 Å². The molecule has 0 fully saturated rings. The highest BCUT2D eigenvalue weighted by molar-refractivity contribution is 9.11. The van der Waals surface area contributed by atoms with Gasteiger partial charge in [0.05, 0.1) is 3.79 Å². The summed E-state index contributed by atoms with van der Waals surface area (Å²) in [5.41, 5.74) is 0.346. The van der Waals surface area contributed by atoms with Crippen LogP contribution < -0.4 is 0 Å². The molecule has 0 aliphatic carbocycles. The van der Waals surface area contributed by atoms with Crippen molar-refractivity contribution in [1.82, 2.24) is 0 Å². The highest BCUT2D eigenvalue weighted by Gasteiger charge is 2.29. The van der Waals surface area contributed by atoms with Crippen molar-refractivity contribution in [3.05, 3.63) is 20.8 Å². The van der Waals surface area contributed by atoms with Crippen LogP contribution in [0.4, 0.5) is 0 Å². The lowest BCUT2D eigenvalue weighted by molar-refractivity contribution is 0.306. The summed E-state index contributed by atoms with van der Waals surface area (Å²) in [6.45, 7) is 4.59. The monoisotopic (exact) mass is 430 g/mol. The molecule has 16 heavy (non-hydrogen) atoms. The maximum absolute atomic E-state index is 3.69. The van der Waals surface area contributed by atoms with E-state index in [0.29, 0.717) is 5.41 Å². The number of halogens is 3. The van der Waals surface area contributed by atoms with Crippen molar-refractivity contribution >= 4 is 59.1 Å². The molecule has 0 saturated carbocycles. The second-order valence-electron chi connectivity index (χ2n) is 4.75. The molecule has 0 radical (unpaired) electrons. The Balaban J connectivity index is 2.77. The minimum atomic E-state index is 0.346. The largest absolute Gasteiger partial charge is 0.133 e. The molecule has 1 aromatic rings. The zero-order chi connectivity index (χ0) is 12.2. The Morgan fingerprint density at radius 2 is 1.88 bits per heavy atom. The predicted octanol–water partition coefficient (Wildman–Crippen LogP) is 5.88. The number of thiophene rings is 1. The molecule has 0 aliphatic heterocycles. The van der Waals surface area contributed by atoms with Gasteiger partial charge < -0.3 is 0 Å². The first kappa shape index (κ1) is 15.2. The molecule has 0 aliphatic rings. The summed E-state index contributed by atoms with van der Waals surface area (Å²) in [6.07, 6.45) is 2.40. The molecule has 92 valence electrons. The van der Waals surface area contributed by atoms with E-state index in [2.05, 4.69) is 73.8 Å². The summed E-state index contributed by atoms with van der Waals surface area (Å²) in [4.78, 5) is 1.46. The highest BCUT2D eigenvalue weighted by Crippen LogP contribution is 2.37. The van der Waals surface area contributed by atoms with Crippen molar-refractivity contribution in [2.24, 2.45) is 11.3 Å². The van der Waals surface area contributed by atoms with E-state index in [1.165, 1.54) is 15.1 Å². The fourth-order valence-electron chi connectivity index (χ4n) is 1.99. The molecular weight excluding hydrogens is 416 g/mol. The van der Waals surface area contributed by atoms with Crippen molar-refractivity contribution in [2.75, 3.05) is 10.7 Å². The zero-order valence-corrected chi connectivity index (χ0v) is 15.2. The van der Waals surface area contributed by atoms with Gasteiger partial charge in [0.1, 0.15) is 0 Å². The van der Waals surface area contributed by atoms with Crippen LogP contribution in [0.3, 0.4) is 0 Å². The molecule has 0 saturated heterocycles. The number of hydrogen-bond acceptors (Lipinski definition) is 1. The van der Waals surface area contributed by atoms with Crippen LogP contribution in [-0.2, 0) is 6.42 Å². The van der Waals surface area contributed by atoms with Gasteiger partial charge in [-0.15, -0.1) is 11.3 Å². The van der Waals surface area contributed by atoms with Crippen LogP contribution in [0.1, 0.15) is 25.1 Å². The Morgan fingerprint density at radius 1 is 1.25 bits per heavy atom. The van der Waals surface area contributed by atoms with Gasteiger partial charge in [-0.3, -0.25) is 0 Å². The maximum atomic E-state index is 3.69. The van der Waals surface area contributed by atoms with Gasteiger partial charge >= 0.3 is 0 Å². The molecule has 0 aromatic carbocycles. The lowest BCUT2D eigenvalue weighted by Crippen LogP contribution is -2.29. The topological polar surface area (TPSA) is 0 Å². The molecule has 0 unspecified atom stereocenters. The van der Waals surface area contributed by atoms with E-state index in [1.54, 1.807) is 0 Å². The van der Waals surface area contributed by atoms with Crippen LogP contribution in [0.15, 0.2) is 15.9 Å². The lowest BCUT2D eigenvalue weighted by Gasteiger charge is -2.31. The molecule has 0 N–H and O–H groups in total. The Hall–Kier alpha value is 1.14. The van der Waals surface area contributed by atoms with Crippen LogP contribution in [0.25, 0.3) is 0 Å². The van der Waals surface area contributed by atoms with Gasteiger partial charge in [-0.1, -0.05) is 45.7 Å². The van der Waals surface area contributed by atoms with Gasteiger partial charge in [0.25, 0.3) is 0 Å². The summed E-state index contributed by atoms with van der Waals surface area (Å²) in [5.74, 6) is 0.735. The van der Waals surface area contributed by atoms with Crippen molar-refractivity contribution in [3.63, 3.8) is 0 Å². The van der Waals surface area contributed by atoms with Crippen LogP contribution in [0.2, 0.25) is 0 Å². The summed E-state index contributed by atoms with van der Waals surface area (Å²) in [6, 6.07) is 4.37. The first-order valence-electron chi connectivity index (χ1n) is 5.37. The minimum Gasteiger partial charge on any atom is -0.133 e. The normalized spacial score (nSPS) is 12.4. The molecular formula is C12H17Br3S. The average Bonchev–Trinajstić information content (AvgIpc) is 2.62. The number of hydrogen-bond donors (Lipinski definition) is 0. The second-order valence-corrected chi connectivity index (χ2v) is 8.42. The smallest absolute Gasteiger partial charge is 0.0701 e. The quantitative estimate of drug-likeness (QED) is 0.492. The minimum absolute atomic E-state index is 0.346. The third kappa shape index (κ3) is 4.43. The fraction of sp³-hybridized carbons (Fsp3) is 0.667. The van der Waals surface area contributed by atoms with Crippen LogP contribution in [-0.4, -0.2) is 10.7 Å². The molecule has 0 bridgehead atoms. The Bertz CT molecular complexity index is 316. The molecule has 0 atom stereocenters. The average molecular weight is 433 g/mol. The second kappa shape index (κ2) is 6.91. The molecule has 0 nitrogen and oxygen atoms in total. The van der Waals surface area contributed by atoms with E-state index in [-0.39, 0.29) is 0 Å². The van der Waals surface area contributed by atoms with Gasteiger partial charge in [-0.25, -0.2) is 0 Å². The first-order chi connectivity index (χ1) is 7.51. The summed E-state index contributed by atoms with van der Waals surface area (Å²) in [7, 11) is 0. The van der Waals surface area contributed by atoms with E-state index in [4.69, 9.17) is 0 Å². The van der Waals surface area contributed by atoms with E-state index >= 15 is 0 Å². The molecule has 0 amide bonds. The first-order valence-corrected chi connectivity index (χ1v) is 9.23. The van der Waals surface area contributed by atoms with E-state index < -0.39 is 0 Å². The molecule has 1 rings (SSSR count). The van der Waals surface area contributed by atoms with Gasteiger partial charge in [-0.2, -0.15) is 0 Å². The molecule has 0 spiro atoms. The van der Waals surface area contributed by atoms with E-state index in [9.17, 15) is 0 Å². The van der Waals surface area contributed by atoms with Gasteiger partial charge in [0, 0.05) is 15.5 Å². The fourth-order valence-corrected chi connectivity index (χ4v) is 5.43. The third-order valence-electron chi connectivity index (χ3n) is 2.59. The zero-order valence-electron chi connectivity index (χ0n) is 9.60. The highest BCUT2D eigenvalue weighted by atomic mass is 79.9. The third-order valence-corrected chi connectivity index (χ3v) is 6.59. The van der Waals surface area contributed by atoms with E-state index in [0.717, 1.165) is 23.0 Å². The standard InChI is InChI=1S/C12H17Br3S/c1-9(2)5-12(7-13,8-14)6-10-3-4-11(15)16-10/h3-4,9H,5-8H2,1-2H3. The number of alkyl halides is 2. The summed E-state index contributed by atoms with van der Waals surface area (Å²) < 4.78 is 1.23. The predicted molar refractivity (Wildman–Crippen MR) is 85.2 cm³/mol. The maximum Gasteiger partial charge on any atom is 0.0701 e. The van der Waals surface area contributed by atoms with Gasteiger partial charge in [0.2, 0.25) is 0 Å². The Morgan fingerprint density at radius 3 is 2.25 bits per heavy atom. The van der Waals surface area contributed by atoms with Crippen LogP contribution in [0.5, 0.6) is 0 Å². The van der Waals surface area contributed by atoms with Gasteiger partial charge in [0.15, 0.2) is 0 Å². The molecule has 1 aromatic heterocycles. The van der Waals surface area contributed by atoms with Crippen LogP contribution in [0, 0.1) is 11.3 Å². The molecule has 4 heteroatoms. The summed E-state index contributed by atoms with van der Waals surface area (Å²) >= 11 is 12.8. The van der Waals surface area contributed by atoms with Crippen LogP contribution >= 0.6 is 59.1 Å².